The summed E-state index contributed by atoms with van der Waals surface area (Å²) in [7, 11) is 3.21. The van der Waals surface area contributed by atoms with Crippen LogP contribution in [0.15, 0.2) is 24.8 Å². The number of methoxy groups -OCH3 is 2. The molecule has 0 aromatic carbocycles. The fourth-order valence-corrected chi connectivity index (χ4v) is 2.55. The molecule has 0 bridgehead atoms. The molecule has 4 rings (SSSR count). The molecule has 4 aromatic heterocycles. The van der Waals surface area contributed by atoms with Crippen LogP contribution in [0.25, 0.3) is 34.2 Å². The van der Waals surface area contributed by atoms with Crippen molar-refractivity contribution in [2.75, 3.05) is 14.2 Å². The Kier molecular flexibility index (Phi) is 3.59. The molecule has 0 aliphatic heterocycles. The van der Waals surface area contributed by atoms with Gasteiger partial charge in [-0.25, -0.2) is 29.9 Å². The third kappa shape index (κ3) is 2.20. The van der Waals surface area contributed by atoms with Crippen LogP contribution in [0.4, 0.5) is 0 Å². The van der Waals surface area contributed by atoms with Gasteiger partial charge in [-0.1, -0.05) is 0 Å². The molecule has 4 aromatic rings. The zero-order chi connectivity index (χ0) is 16.5. The smallest absolute Gasteiger partial charge is 0.198 e. The zero-order valence-electron chi connectivity index (χ0n) is 13.1. The highest BCUT2D eigenvalue weighted by Gasteiger charge is 2.22. The van der Waals surface area contributed by atoms with Crippen molar-refractivity contribution in [1.29, 1.82) is 0 Å². The lowest BCUT2D eigenvalue weighted by Crippen LogP contribution is -2.09. The van der Waals surface area contributed by atoms with Crippen molar-refractivity contribution in [1.82, 2.24) is 39.0 Å². The summed E-state index contributed by atoms with van der Waals surface area (Å²) in [6.07, 6.45) is 6.41. The van der Waals surface area contributed by atoms with Gasteiger partial charge in [0, 0.05) is 39.0 Å². The molecule has 0 N–H and O–H groups in total. The minimum absolute atomic E-state index is 0.265. The van der Waals surface area contributed by atoms with E-state index in [1.807, 2.05) is 0 Å². The average Bonchev–Trinajstić information content (AvgIpc) is 3.15. The predicted octanol–water partition coefficient (Wildman–Crippen LogP) is 0.841. The first-order chi connectivity index (χ1) is 11.8. The van der Waals surface area contributed by atoms with Crippen molar-refractivity contribution in [3.63, 3.8) is 0 Å². The Morgan fingerprint density at radius 1 is 0.708 bits per heavy atom. The van der Waals surface area contributed by atoms with E-state index in [4.69, 9.17) is 9.47 Å². The molecule has 122 valence electrons. The van der Waals surface area contributed by atoms with Crippen LogP contribution in [0.5, 0.6) is 0 Å². The summed E-state index contributed by atoms with van der Waals surface area (Å²) in [6.45, 7) is 0.531. The van der Waals surface area contributed by atoms with Crippen molar-refractivity contribution >= 4 is 22.6 Å². The normalized spacial score (nSPS) is 11.6. The van der Waals surface area contributed by atoms with Gasteiger partial charge in [-0.05, 0) is 0 Å². The Labute approximate surface area is 136 Å². The maximum atomic E-state index is 5.29. The van der Waals surface area contributed by atoms with Gasteiger partial charge in [0.1, 0.15) is 13.5 Å². The first-order valence-corrected chi connectivity index (χ1v) is 7.16. The van der Waals surface area contributed by atoms with Gasteiger partial charge in [0.05, 0.1) is 0 Å². The molecule has 4 heterocycles. The lowest BCUT2D eigenvalue weighted by molar-refractivity contribution is 0.131. The van der Waals surface area contributed by atoms with Crippen molar-refractivity contribution in [3.8, 4) is 11.6 Å². The summed E-state index contributed by atoms with van der Waals surface area (Å²) in [5, 5.41) is 0. The molecular weight excluding hydrogens is 312 g/mol. The Bertz CT molecular complexity index is 927. The number of imidazole rings is 2. The highest BCUT2D eigenvalue weighted by atomic mass is 16.5. The van der Waals surface area contributed by atoms with E-state index in [9.17, 15) is 0 Å². The van der Waals surface area contributed by atoms with Crippen LogP contribution < -0.4 is 0 Å². The first-order valence-electron chi connectivity index (χ1n) is 7.16. The second kappa shape index (κ2) is 5.91. The molecule has 0 radical (unpaired) electrons. The van der Waals surface area contributed by atoms with Crippen LogP contribution >= 0.6 is 0 Å². The first kappa shape index (κ1) is 14.6. The fraction of sp³-hybridized carbons (Fsp3) is 0.286. The van der Waals surface area contributed by atoms with E-state index < -0.39 is 0 Å². The summed E-state index contributed by atoms with van der Waals surface area (Å²) < 4.78 is 14.2. The molecule has 0 atom stereocenters. The van der Waals surface area contributed by atoms with E-state index in [1.54, 1.807) is 48.1 Å². The number of nitrogens with zero attached hydrogens (tertiary/aromatic N) is 8. The minimum Gasteiger partial charge on any atom is -0.364 e. The number of ether oxygens (including phenoxy) is 2. The summed E-state index contributed by atoms with van der Waals surface area (Å²) in [5.74, 6) is 1.13. The monoisotopic (exact) mass is 326 g/mol. The Balaban J connectivity index is 2.02. The van der Waals surface area contributed by atoms with Crippen LogP contribution in [-0.2, 0) is 22.9 Å². The van der Waals surface area contributed by atoms with Gasteiger partial charge >= 0.3 is 0 Å². The molecule has 24 heavy (non-hydrogen) atoms. The summed E-state index contributed by atoms with van der Waals surface area (Å²) >= 11 is 0. The second-order valence-corrected chi connectivity index (χ2v) is 4.97. The van der Waals surface area contributed by atoms with E-state index in [0.29, 0.717) is 34.2 Å². The summed E-state index contributed by atoms with van der Waals surface area (Å²) in [6, 6.07) is 0. The predicted molar refractivity (Wildman–Crippen MR) is 83.7 cm³/mol. The van der Waals surface area contributed by atoms with Crippen LogP contribution in [0.1, 0.15) is 0 Å². The fourth-order valence-electron chi connectivity index (χ4n) is 2.55. The minimum atomic E-state index is 0.265. The number of aromatic nitrogens is 8. The molecule has 0 spiro atoms. The Hall–Kier alpha value is -2.98. The van der Waals surface area contributed by atoms with Gasteiger partial charge in [-0.3, -0.25) is 9.13 Å². The van der Waals surface area contributed by atoms with Gasteiger partial charge in [0.2, 0.25) is 0 Å². The van der Waals surface area contributed by atoms with E-state index in [-0.39, 0.29) is 13.5 Å². The molecule has 0 unspecified atom stereocenters. The molecule has 10 heteroatoms. The van der Waals surface area contributed by atoms with Crippen LogP contribution in [0.2, 0.25) is 0 Å². The van der Waals surface area contributed by atoms with E-state index in [0.717, 1.165) is 0 Å². The quantitative estimate of drug-likeness (QED) is 0.531. The summed E-state index contributed by atoms with van der Waals surface area (Å²) in [5.41, 5.74) is 2.26. The van der Waals surface area contributed by atoms with Crippen LogP contribution in [0.3, 0.4) is 0 Å². The highest BCUT2D eigenvalue weighted by molar-refractivity contribution is 5.76. The molecule has 0 aliphatic carbocycles. The molecule has 0 saturated heterocycles. The van der Waals surface area contributed by atoms with Crippen molar-refractivity contribution < 1.29 is 9.47 Å². The van der Waals surface area contributed by atoms with Gasteiger partial charge in [-0.2, -0.15) is 0 Å². The molecule has 0 saturated carbocycles. The van der Waals surface area contributed by atoms with Crippen LogP contribution in [0, 0.1) is 0 Å². The molecule has 10 nitrogen and oxygen atoms in total. The number of hydrogen-bond acceptors (Lipinski definition) is 8. The van der Waals surface area contributed by atoms with Crippen molar-refractivity contribution in [3.05, 3.63) is 24.8 Å². The standard InChI is InChI=1S/C14H14N8O2/c1-23-7-21-11-9(15-3-5-17-11)19-13(21)14-20-10-12(18-6-4-16-10)22(14)8-24-2/h3-6H,7-8H2,1-2H3. The third-order valence-electron chi connectivity index (χ3n) is 3.48. The van der Waals surface area contributed by atoms with Gasteiger partial charge in [-0.15, -0.1) is 0 Å². The van der Waals surface area contributed by atoms with Crippen LogP contribution in [-0.4, -0.2) is 53.3 Å². The van der Waals surface area contributed by atoms with Gasteiger partial charge in [0.25, 0.3) is 0 Å². The number of rotatable bonds is 5. The van der Waals surface area contributed by atoms with Crippen molar-refractivity contribution in [2.24, 2.45) is 0 Å². The zero-order valence-corrected chi connectivity index (χ0v) is 13.1. The molecule has 0 fully saturated rings. The number of fused-ring (bicyclic) bond motifs is 2. The SMILES string of the molecule is COCn1c(-c2nc3nccnc3n2COC)nc2nccnc21. The van der Waals surface area contributed by atoms with Gasteiger partial charge < -0.3 is 9.47 Å². The maximum absolute atomic E-state index is 5.29. The summed E-state index contributed by atoms with van der Waals surface area (Å²) in [4.78, 5) is 26.3. The largest absolute Gasteiger partial charge is 0.364 e. The lowest BCUT2D eigenvalue weighted by atomic mass is 10.5. The van der Waals surface area contributed by atoms with Gasteiger partial charge in [0.15, 0.2) is 34.2 Å². The molecule has 0 amide bonds. The molecular formula is C14H14N8O2. The van der Waals surface area contributed by atoms with E-state index in [1.165, 1.54) is 0 Å². The molecule has 0 aliphatic rings. The Morgan fingerprint density at radius 3 is 1.54 bits per heavy atom. The lowest BCUT2D eigenvalue weighted by Gasteiger charge is -2.09. The van der Waals surface area contributed by atoms with Crippen molar-refractivity contribution in [2.45, 2.75) is 13.5 Å². The average molecular weight is 326 g/mol. The van der Waals surface area contributed by atoms with E-state index in [2.05, 4.69) is 29.9 Å². The third-order valence-corrected chi connectivity index (χ3v) is 3.48. The topological polar surface area (TPSA) is 106 Å². The highest BCUT2D eigenvalue weighted by Crippen LogP contribution is 2.25. The maximum Gasteiger partial charge on any atom is 0.198 e. The Morgan fingerprint density at radius 2 is 1.12 bits per heavy atom. The second-order valence-electron chi connectivity index (χ2n) is 4.97. The number of hydrogen-bond donors (Lipinski definition) is 0. The van der Waals surface area contributed by atoms with E-state index >= 15 is 0 Å².